The van der Waals surface area contributed by atoms with Crippen molar-refractivity contribution in [1.29, 1.82) is 0 Å². The summed E-state index contributed by atoms with van der Waals surface area (Å²) in [5, 5.41) is 5.06. The van der Waals surface area contributed by atoms with E-state index in [9.17, 15) is 4.79 Å². The number of fused-ring (bicyclic) bond motifs is 1. The lowest BCUT2D eigenvalue weighted by molar-refractivity contribution is 0.198. The number of benzene rings is 2. The van der Waals surface area contributed by atoms with Gasteiger partial charge in [-0.25, -0.2) is 4.98 Å². The summed E-state index contributed by atoms with van der Waals surface area (Å²) in [6.45, 7) is 11.1. The van der Waals surface area contributed by atoms with E-state index in [2.05, 4.69) is 55.7 Å². The highest BCUT2D eigenvalue weighted by Gasteiger charge is 2.15. The van der Waals surface area contributed by atoms with Crippen molar-refractivity contribution in [3.63, 3.8) is 0 Å². The molecular weight excluding hydrogens is 442 g/mol. The number of hydrogen-bond acceptors (Lipinski definition) is 4. The van der Waals surface area contributed by atoms with E-state index >= 15 is 0 Å². The average Bonchev–Trinajstić information content (AvgIpc) is 2.71. The van der Waals surface area contributed by atoms with E-state index < -0.39 is 0 Å². The van der Waals surface area contributed by atoms with Crippen LogP contribution in [0.2, 0.25) is 0 Å². The van der Waals surface area contributed by atoms with E-state index in [4.69, 9.17) is 9.72 Å². The van der Waals surface area contributed by atoms with Gasteiger partial charge in [-0.05, 0) is 47.7 Å². The number of aromatic nitrogens is 2. The van der Waals surface area contributed by atoms with Crippen LogP contribution in [0.5, 0.6) is 5.75 Å². The Morgan fingerprint density at radius 3 is 2.70 bits per heavy atom. The van der Waals surface area contributed by atoms with Crippen LogP contribution in [0, 0.1) is 5.41 Å². The van der Waals surface area contributed by atoms with Gasteiger partial charge in [0.15, 0.2) is 0 Å². The third-order valence-electron chi connectivity index (χ3n) is 4.74. The van der Waals surface area contributed by atoms with E-state index in [-0.39, 0.29) is 16.9 Å². The summed E-state index contributed by atoms with van der Waals surface area (Å²) in [6, 6.07) is 13.3. The quantitative estimate of drug-likeness (QED) is 0.417. The van der Waals surface area contributed by atoms with E-state index in [0.717, 1.165) is 22.2 Å². The molecule has 0 aliphatic heterocycles. The maximum Gasteiger partial charge on any atom is 0.282 e. The zero-order chi connectivity index (χ0) is 21.9. The Balaban J connectivity index is 2.01. The first-order valence-electron chi connectivity index (χ1n) is 10.2. The maximum absolute atomic E-state index is 13.2. The SMILES string of the molecule is CC[C@@H](C)c1nc2ccc(Br)cc2c(=O)n1N=Cc1cccc(OCC(C)(C)C)c1. The molecule has 0 aliphatic rings. The highest BCUT2D eigenvalue weighted by atomic mass is 79.9. The minimum absolute atomic E-state index is 0.0770. The molecule has 6 heteroatoms. The molecule has 0 N–H and O–H groups in total. The third-order valence-corrected chi connectivity index (χ3v) is 5.23. The van der Waals surface area contributed by atoms with Gasteiger partial charge in [0.2, 0.25) is 0 Å². The molecule has 3 aromatic rings. The van der Waals surface area contributed by atoms with Gasteiger partial charge in [0.1, 0.15) is 11.6 Å². The molecule has 0 saturated heterocycles. The fourth-order valence-corrected chi connectivity index (χ4v) is 3.25. The van der Waals surface area contributed by atoms with Gasteiger partial charge in [0.05, 0.1) is 23.7 Å². The molecule has 0 unspecified atom stereocenters. The summed E-state index contributed by atoms with van der Waals surface area (Å²) in [6.07, 6.45) is 2.54. The van der Waals surface area contributed by atoms with Crippen LogP contribution in [0.25, 0.3) is 10.9 Å². The zero-order valence-corrected chi connectivity index (χ0v) is 19.7. The van der Waals surface area contributed by atoms with Gasteiger partial charge in [-0.1, -0.05) is 62.7 Å². The summed E-state index contributed by atoms with van der Waals surface area (Å²) in [5.41, 5.74) is 1.45. The second kappa shape index (κ2) is 9.13. The molecule has 1 aromatic heterocycles. The molecule has 5 nitrogen and oxygen atoms in total. The second-order valence-corrected chi connectivity index (χ2v) is 9.64. The van der Waals surface area contributed by atoms with Crippen LogP contribution in [0.4, 0.5) is 0 Å². The van der Waals surface area contributed by atoms with Crippen molar-refractivity contribution >= 4 is 33.0 Å². The van der Waals surface area contributed by atoms with Crippen molar-refractivity contribution < 1.29 is 4.74 Å². The average molecular weight is 470 g/mol. The highest BCUT2D eigenvalue weighted by Crippen LogP contribution is 2.21. The molecule has 0 radical (unpaired) electrons. The van der Waals surface area contributed by atoms with Crippen molar-refractivity contribution in [2.75, 3.05) is 6.61 Å². The summed E-state index contributed by atoms with van der Waals surface area (Å²) in [4.78, 5) is 17.9. The fourth-order valence-electron chi connectivity index (χ4n) is 2.89. The van der Waals surface area contributed by atoms with E-state index in [1.807, 2.05) is 36.4 Å². The maximum atomic E-state index is 13.2. The molecule has 0 aliphatic carbocycles. The van der Waals surface area contributed by atoms with Crippen LogP contribution in [0.15, 0.2) is 56.8 Å². The largest absolute Gasteiger partial charge is 0.493 e. The number of rotatable bonds is 6. The molecule has 0 spiro atoms. The monoisotopic (exact) mass is 469 g/mol. The minimum Gasteiger partial charge on any atom is -0.493 e. The van der Waals surface area contributed by atoms with Crippen LogP contribution >= 0.6 is 15.9 Å². The van der Waals surface area contributed by atoms with E-state index in [0.29, 0.717) is 23.3 Å². The van der Waals surface area contributed by atoms with Crippen molar-refractivity contribution in [2.45, 2.75) is 47.0 Å². The van der Waals surface area contributed by atoms with Crippen molar-refractivity contribution in [3.05, 3.63) is 68.7 Å². The van der Waals surface area contributed by atoms with Gasteiger partial charge in [-0.15, -0.1) is 0 Å². The summed E-state index contributed by atoms with van der Waals surface area (Å²) >= 11 is 3.44. The van der Waals surface area contributed by atoms with Crippen LogP contribution in [-0.4, -0.2) is 22.5 Å². The Labute approximate surface area is 185 Å². The Hall–Kier alpha value is -2.47. The van der Waals surface area contributed by atoms with Gasteiger partial charge in [-0.3, -0.25) is 4.79 Å². The number of hydrogen-bond donors (Lipinski definition) is 0. The normalized spacial score (nSPS) is 13.1. The van der Waals surface area contributed by atoms with Crippen LogP contribution < -0.4 is 10.3 Å². The molecule has 0 amide bonds. The minimum atomic E-state index is -0.173. The first-order chi connectivity index (χ1) is 14.2. The standard InChI is InChI=1S/C24H28BrN3O2/c1-6-16(2)22-27-21-11-10-18(25)13-20(21)23(29)28(22)26-14-17-8-7-9-19(12-17)30-15-24(3,4)5/h7-14,16H,6,15H2,1-5H3/t16-/m1/s1. The van der Waals surface area contributed by atoms with Crippen molar-refractivity contribution in [2.24, 2.45) is 10.5 Å². The third kappa shape index (κ3) is 5.36. The first-order valence-corrected chi connectivity index (χ1v) is 11.0. The predicted octanol–water partition coefficient (Wildman–Crippen LogP) is 5.98. The molecule has 1 atom stereocenters. The van der Waals surface area contributed by atoms with Gasteiger partial charge in [-0.2, -0.15) is 9.78 Å². The Morgan fingerprint density at radius 2 is 2.00 bits per heavy atom. The molecule has 158 valence electrons. The topological polar surface area (TPSA) is 56.5 Å². The summed E-state index contributed by atoms with van der Waals surface area (Å²) in [5.74, 6) is 1.54. The van der Waals surface area contributed by atoms with Crippen LogP contribution in [0.3, 0.4) is 0 Å². The smallest absolute Gasteiger partial charge is 0.282 e. The Morgan fingerprint density at radius 1 is 1.23 bits per heavy atom. The molecule has 30 heavy (non-hydrogen) atoms. The lowest BCUT2D eigenvalue weighted by Crippen LogP contribution is -2.23. The van der Waals surface area contributed by atoms with Gasteiger partial charge in [0.25, 0.3) is 5.56 Å². The lowest BCUT2D eigenvalue weighted by Gasteiger charge is -2.18. The van der Waals surface area contributed by atoms with E-state index in [1.165, 1.54) is 4.68 Å². The molecular formula is C24H28BrN3O2. The Bertz CT molecular complexity index is 1130. The first kappa shape index (κ1) is 22.2. The van der Waals surface area contributed by atoms with Crippen molar-refractivity contribution in [3.8, 4) is 5.75 Å². The zero-order valence-electron chi connectivity index (χ0n) is 18.1. The highest BCUT2D eigenvalue weighted by molar-refractivity contribution is 9.10. The number of nitrogens with zero attached hydrogens (tertiary/aromatic N) is 3. The second-order valence-electron chi connectivity index (χ2n) is 8.72. The van der Waals surface area contributed by atoms with Crippen molar-refractivity contribution in [1.82, 2.24) is 9.66 Å². The Kier molecular flexibility index (Phi) is 6.76. The number of halogens is 1. The molecule has 2 aromatic carbocycles. The molecule has 3 rings (SSSR count). The molecule has 1 heterocycles. The summed E-state index contributed by atoms with van der Waals surface area (Å²) in [7, 11) is 0. The summed E-state index contributed by atoms with van der Waals surface area (Å²) < 4.78 is 8.15. The lowest BCUT2D eigenvalue weighted by atomic mass is 9.99. The molecule has 0 fully saturated rings. The predicted molar refractivity (Wildman–Crippen MR) is 127 cm³/mol. The van der Waals surface area contributed by atoms with Crippen LogP contribution in [0.1, 0.15) is 58.3 Å². The van der Waals surface area contributed by atoms with Gasteiger partial charge < -0.3 is 4.74 Å². The van der Waals surface area contributed by atoms with Gasteiger partial charge >= 0.3 is 0 Å². The van der Waals surface area contributed by atoms with Crippen LogP contribution in [-0.2, 0) is 0 Å². The fraction of sp³-hybridized carbons (Fsp3) is 0.375. The molecule has 0 bridgehead atoms. The number of ether oxygens (including phenoxy) is 1. The van der Waals surface area contributed by atoms with Gasteiger partial charge in [0, 0.05) is 10.4 Å². The van der Waals surface area contributed by atoms with E-state index in [1.54, 1.807) is 12.3 Å². The molecule has 0 saturated carbocycles.